The van der Waals surface area contributed by atoms with Gasteiger partial charge in [-0.25, -0.2) is 4.39 Å². The first-order chi connectivity index (χ1) is 20.9. The molecule has 0 unspecified atom stereocenters. The van der Waals surface area contributed by atoms with Gasteiger partial charge in [0, 0.05) is 19.5 Å². The number of hydrogen-bond donors (Lipinski definition) is 2. The van der Waals surface area contributed by atoms with Crippen molar-refractivity contribution in [3.8, 4) is 0 Å². The first kappa shape index (κ1) is 31.6. The molecular weight excluding hydrogens is 547 g/mol. The lowest BCUT2D eigenvalue weighted by atomic mass is 9.94. The van der Waals surface area contributed by atoms with Crippen molar-refractivity contribution in [3.05, 3.63) is 120 Å². The number of carbonyl (C=O) groups excluding carboxylic acids is 3. The van der Waals surface area contributed by atoms with Crippen molar-refractivity contribution in [1.29, 1.82) is 0 Å². The van der Waals surface area contributed by atoms with E-state index in [1.54, 1.807) is 17.0 Å². The average Bonchev–Trinajstić information content (AvgIpc) is 3.03. The number of esters is 1. The minimum absolute atomic E-state index is 0.0218. The van der Waals surface area contributed by atoms with Crippen LogP contribution in [0.1, 0.15) is 48.5 Å². The van der Waals surface area contributed by atoms with Gasteiger partial charge in [0.05, 0.1) is 25.0 Å². The van der Waals surface area contributed by atoms with E-state index in [9.17, 15) is 23.9 Å². The molecule has 1 aliphatic heterocycles. The van der Waals surface area contributed by atoms with E-state index in [0.29, 0.717) is 32.2 Å². The van der Waals surface area contributed by atoms with Crippen LogP contribution in [0.25, 0.3) is 0 Å². The predicted molar refractivity (Wildman–Crippen MR) is 162 cm³/mol. The molecule has 7 nitrogen and oxygen atoms in total. The average molecular weight is 587 g/mol. The van der Waals surface area contributed by atoms with Gasteiger partial charge in [0.15, 0.2) is 0 Å². The molecule has 0 saturated heterocycles. The van der Waals surface area contributed by atoms with Crippen LogP contribution < -0.4 is 5.32 Å². The Morgan fingerprint density at radius 2 is 1.60 bits per heavy atom. The zero-order valence-corrected chi connectivity index (χ0v) is 24.2. The molecule has 2 amide bonds. The Morgan fingerprint density at radius 1 is 0.907 bits per heavy atom. The Kier molecular flexibility index (Phi) is 12.0. The third kappa shape index (κ3) is 9.89. The molecule has 1 heterocycles. The Hall–Kier alpha value is -4.30. The number of allylic oxidation sites excluding steroid dienone is 2. The third-order valence-electron chi connectivity index (χ3n) is 7.62. The Morgan fingerprint density at radius 3 is 2.30 bits per heavy atom. The fourth-order valence-electron chi connectivity index (χ4n) is 5.19. The van der Waals surface area contributed by atoms with Crippen LogP contribution in [0.2, 0.25) is 0 Å². The van der Waals surface area contributed by atoms with Crippen molar-refractivity contribution < 1.29 is 28.6 Å². The first-order valence-electron chi connectivity index (χ1n) is 14.8. The standard InChI is InChI=1S/C35H39FN2O5/c36-31-18-16-26(17-19-31)22-30-15-9-3-8-14-29(23-33(40)38(20-21-39)25-27-10-4-1-5-11-27)34(41)37-24-32(43-35(30)42)28-12-6-2-7-13-28/h1-8,10-13,16-19,29-30,32,39H,9,14-15,20-25H2,(H,37,41)/b8-3+/t29-,30-,32+/m0/s1. The molecule has 43 heavy (non-hydrogen) atoms. The van der Waals surface area contributed by atoms with Crippen molar-refractivity contribution in [1.82, 2.24) is 10.2 Å². The lowest BCUT2D eigenvalue weighted by molar-refractivity contribution is -0.155. The number of halogens is 1. The quantitative estimate of drug-likeness (QED) is 0.267. The van der Waals surface area contributed by atoms with Gasteiger partial charge in [-0.05, 0) is 54.5 Å². The number of nitrogens with one attached hydrogen (secondary N) is 1. The van der Waals surface area contributed by atoms with Crippen LogP contribution in [-0.4, -0.2) is 47.5 Å². The van der Waals surface area contributed by atoms with E-state index < -0.39 is 17.9 Å². The number of aliphatic hydroxyl groups is 1. The maximum absolute atomic E-state index is 13.5. The summed E-state index contributed by atoms with van der Waals surface area (Å²) in [6.07, 6.45) is 4.91. The number of aliphatic hydroxyl groups excluding tert-OH is 1. The largest absolute Gasteiger partial charge is 0.455 e. The van der Waals surface area contributed by atoms with E-state index in [0.717, 1.165) is 16.7 Å². The van der Waals surface area contributed by atoms with E-state index >= 15 is 0 Å². The highest BCUT2D eigenvalue weighted by atomic mass is 19.1. The van der Waals surface area contributed by atoms with Crippen LogP contribution in [0.4, 0.5) is 4.39 Å². The van der Waals surface area contributed by atoms with E-state index in [-0.39, 0.29) is 49.7 Å². The van der Waals surface area contributed by atoms with E-state index in [2.05, 4.69) is 5.32 Å². The topological polar surface area (TPSA) is 95.9 Å². The molecule has 3 aromatic carbocycles. The van der Waals surface area contributed by atoms with Crippen LogP contribution in [-0.2, 0) is 32.1 Å². The third-order valence-corrected chi connectivity index (χ3v) is 7.62. The van der Waals surface area contributed by atoms with E-state index in [4.69, 9.17) is 4.74 Å². The van der Waals surface area contributed by atoms with Crippen molar-refractivity contribution in [2.45, 2.75) is 44.8 Å². The molecule has 0 aliphatic carbocycles. The van der Waals surface area contributed by atoms with Crippen LogP contribution in [0.3, 0.4) is 0 Å². The van der Waals surface area contributed by atoms with Crippen LogP contribution in [0.5, 0.6) is 0 Å². The number of carbonyl (C=O) groups is 3. The highest BCUT2D eigenvalue weighted by molar-refractivity contribution is 5.86. The van der Waals surface area contributed by atoms with Crippen LogP contribution in [0, 0.1) is 17.7 Å². The lowest BCUT2D eigenvalue weighted by Gasteiger charge is -2.25. The molecule has 4 rings (SSSR count). The van der Waals surface area contributed by atoms with Gasteiger partial charge in [-0.2, -0.15) is 0 Å². The number of hydrogen-bond acceptors (Lipinski definition) is 5. The van der Waals surface area contributed by atoms with Crippen molar-refractivity contribution in [2.24, 2.45) is 11.8 Å². The molecule has 0 fully saturated rings. The molecule has 8 heteroatoms. The molecule has 0 bridgehead atoms. The SMILES string of the molecule is O=C1NC[C@H](c2ccccc2)OC(=O)[C@H](Cc2ccc(F)cc2)CC/C=C/C[C@H]1CC(=O)N(CCO)Cc1ccccc1. The summed E-state index contributed by atoms with van der Waals surface area (Å²) >= 11 is 0. The van der Waals surface area contributed by atoms with Gasteiger partial charge in [0.2, 0.25) is 11.8 Å². The molecule has 2 N–H and O–H groups in total. The smallest absolute Gasteiger partial charge is 0.309 e. The summed E-state index contributed by atoms with van der Waals surface area (Å²) in [6.45, 7) is 0.375. The second kappa shape index (κ2) is 16.4. The zero-order valence-electron chi connectivity index (χ0n) is 24.2. The predicted octanol–water partition coefficient (Wildman–Crippen LogP) is 5.15. The fraction of sp³-hybridized carbons (Fsp3) is 0.343. The highest BCUT2D eigenvalue weighted by Gasteiger charge is 2.28. The number of benzene rings is 3. The van der Waals surface area contributed by atoms with Crippen molar-refractivity contribution in [3.63, 3.8) is 0 Å². The van der Waals surface area contributed by atoms with Crippen LogP contribution in [0.15, 0.2) is 97.1 Å². The summed E-state index contributed by atoms with van der Waals surface area (Å²) < 4.78 is 19.5. The van der Waals surface area contributed by atoms with E-state index in [1.807, 2.05) is 72.8 Å². The second-order valence-electron chi connectivity index (χ2n) is 10.8. The summed E-state index contributed by atoms with van der Waals surface area (Å²) in [4.78, 5) is 41.8. The minimum atomic E-state index is -0.720. The first-order valence-corrected chi connectivity index (χ1v) is 14.8. The summed E-state index contributed by atoms with van der Waals surface area (Å²) in [7, 11) is 0. The Balaban J connectivity index is 1.52. The van der Waals surface area contributed by atoms with Gasteiger partial charge in [0.25, 0.3) is 0 Å². The molecule has 226 valence electrons. The van der Waals surface area contributed by atoms with Gasteiger partial charge in [-0.3, -0.25) is 14.4 Å². The van der Waals surface area contributed by atoms with E-state index in [1.165, 1.54) is 12.1 Å². The molecule has 0 saturated carbocycles. The summed E-state index contributed by atoms with van der Waals surface area (Å²) in [5.41, 5.74) is 2.52. The molecule has 0 radical (unpaired) electrons. The molecule has 1 aliphatic rings. The number of cyclic esters (lactones) is 1. The van der Waals surface area contributed by atoms with Gasteiger partial charge in [-0.15, -0.1) is 0 Å². The number of amides is 2. The Labute approximate surface area is 252 Å². The number of nitrogens with zero attached hydrogens (tertiary/aromatic N) is 1. The van der Waals surface area contributed by atoms with Gasteiger partial charge in [0.1, 0.15) is 11.9 Å². The maximum atomic E-state index is 13.5. The summed E-state index contributed by atoms with van der Waals surface area (Å²) in [5.74, 6) is -2.34. The zero-order chi connectivity index (χ0) is 30.4. The van der Waals surface area contributed by atoms with Gasteiger partial charge < -0.3 is 20.1 Å². The highest BCUT2D eigenvalue weighted by Crippen LogP contribution is 2.24. The summed E-state index contributed by atoms with van der Waals surface area (Å²) in [6, 6.07) is 24.9. The molecular formula is C35H39FN2O5. The second-order valence-corrected chi connectivity index (χ2v) is 10.8. The molecule has 3 aromatic rings. The summed E-state index contributed by atoms with van der Waals surface area (Å²) in [5, 5.41) is 12.5. The number of rotatable bonds is 9. The normalized spacial score (nSPS) is 20.5. The van der Waals surface area contributed by atoms with Crippen molar-refractivity contribution >= 4 is 17.8 Å². The minimum Gasteiger partial charge on any atom is -0.455 e. The molecule has 0 spiro atoms. The van der Waals surface area contributed by atoms with Gasteiger partial charge >= 0.3 is 5.97 Å². The maximum Gasteiger partial charge on any atom is 0.309 e. The molecule has 3 atom stereocenters. The Bertz CT molecular complexity index is 1350. The molecule has 0 aromatic heterocycles. The van der Waals surface area contributed by atoms with Gasteiger partial charge in [-0.1, -0.05) is 84.9 Å². The number of ether oxygens (including phenoxy) is 1. The van der Waals surface area contributed by atoms with Crippen LogP contribution >= 0.6 is 0 Å². The monoisotopic (exact) mass is 586 g/mol. The lowest BCUT2D eigenvalue weighted by Crippen LogP contribution is -2.39. The van der Waals surface area contributed by atoms with Crippen molar-refractivity contribution in [2.75, 3.05) is 19.7 Å². The fourth-order valence-corrected chi connectivity index (χ4v) is 5.19.